The predicted molar refractivity (Wildman–Crippen MR) is 95.4 cm³/mol. The van der Waals surface area contributed by atoms with Crippen LogP contribution >= 0.6 is 11.3 Å². The second-order valence-electron chi connectivity index (χ2n) is 6.28. The molecule has 1 amide bonds. The van der Waals surface area contributed by atoms with Crippen LogP contribution in [-0.2, 0) is 11.0 Å². The highest BCUT2D eigenvalue weighted by atomic mass is 32.1. The summed E-state index contributed by atoms with van der Waals surface area (Å²) in [4.78, 5) is 18.6. The standard InChI is InChI=1S/C18H13F4N3OS/c19-12-4-5-14-15(7-12)27-17(24-14)25-8-10(9-25)16(26)23-13-3-1-2-11(6-13)18(20,21)22/h1-7,10H,8-9H2,(H,23,26). The maximum atomic E-state index is 13.3. The van der Waals surface area contributed by atoms with Crippen LogP contribution in [0.2, 0.25) is 0 Å². The number of benzene rings is 2. The lowest BCUT2D eigenvalue weighted by atomic mass is 10.00. The summed E-state index contributed by atoms with van der Waals surface area (Å²) in [6.45, 7) is 0.820. The Morgan fingerprint density at radius 3 is 2.70 bits per heavy atom. The van der Waals surface area contributed by atoms with Crippen molar-refractivity contribution in [3.05, 3.63) is 53.8 Å². The molecular formula is C18H13F4N3OS. The zero-order valence-electron chi connectivity index (χ0n) is 13.8. The number of hydrogen-bond donors (Lipinski definition) is 1. The zero-order chi connectivity index (χ0) is 19.2. The van der Waals surface area contributed by atoms with Gasteiger partial charge in [-0.15, -0.1) is 0 Å². The van der Waals surface area contributed by atoms with E-state index in [1.54, 1.807) is 6.07 Å². The molecule has 2 aromatic carbocycles. The zero-order valence-corrected chi connectivity index (χ0v) is 14.6. The molecule has 1 aliphatic rings. The fourth-order valence-electron chi connectivity index (χ4n) is 2.84. The molecule has 0 unspecified atom stereocenters. The van der Waals surface area contributed by atoms with Crippen LogP contribution in [0.15, 0.2) is 42.5 Å². The van der Waals surface area contributed by atoms with Crippen molar-refractivity contribution in [3.8, 4) is 0 Å². The van der Waals surface area contributed by atoms with Crippen molar-refractivity contribution >= 4 is 38.3 Å². The molecule has 0 aliphatic carbocycles. The maximum Gasteiger partial charge on any atom is 0.416 e. The van der Waals surface area contributed by atoms with Crippen LogP contribution in [0.25, 0.3) is 10.2 Å². The van der Waals surface area contributed by atoms with Crippen molar-refractivity contribution in [2.75, 3.05) is 23.3 Å². The van der Waals surface area contributed by atoms with Crippen molar-refractivity contribution in [2.24, 2.45) is 5.92 Å². The molecule has 140 valence electrons. The van der Waals surface area contributed by atoms with Gasteiger partial charge in [0.1, 0.15) is 5.82 Å². The third-order valence-corrected chi connectivity index (χ3v) is 5.40. The van der Waals surface area contributed by atoms with Gasteiger partial charge in [0, 0.05) is 18.8 Å². The number of alkyl halides is 3. The fraction of sp³-hybridized carbons (Fsp3) is 0.222. The molecular weight excluding hydrogens is 382 g/mol. The number of rotatable bonds is 3. The summed E-state index contributed by atoms with van der Waals surface area (Å²) < 4.78 is 52.2. The molecule has 4 nitrogen and oxygen atoms in total. The van der Waals surface area contributed by atoms with E-state index >= 15 is 0 Å². The van der Waals surface area contributed by atoms with Crippen LogP contribution in [0.1, 0.15) is 5.56 Å². The number of anilines is 2. The second kappa shape index (κ2) is 6.49. The van der Waals surface area contributed by atoms with Crippen molar-refractivity contribution in [1.29, 1.82) is 0 Å². The number of hydrogen-bond acceptors (Lipinski definition) is 4. The summed E-state index contributed by atoms with van der Waals surface area (Å²) in [7, 11) is 0. The lowest BCUT2D eigenvalue weighted by molar-refractivity contribution is -0.137. The normalized spacial score (nSPS) is 15.0. The molecule has 0 radical (unpaired) electrons. The highest BCUT2D eigenvalue weighted by molar-refractivity contribution is 7.22. The average molecular weight is 395 g/mol. The monoisotopic (exact) mass is 395 g/mol. The van der Waals surface area contributed by atoms with E-state index in [4.69, 9.17) is 0 Å². The topological polar surface area (TPSA) is 45.2 Å². The predicted octanol–water partition coefficient (Wildman–Crippen LogP) is 4.53. The Labute approximate surface area is 155 Å². The van der Waals surface area contributed by atoms with E-state index in [1.807, 2.05) is 4.90 Å². The van der Waals surface area contributed by atoms with E-state index < -0.39 is 11.7 Å². The van der Waals surface area contributed by atoms with Crippen LogP contribution in [0.3, 0.4) is 0 Å². The number of carbonyl (C=O) groups is 1. The van der Waals surface area contributed by atoms with Crippen LogP contribution < -0.4 is 10.2 Å². The van der Waals surface area contributed by atoms with Gasteiger partial charge < -0.3 is 10.2 Å². The molecule has 0 saturated carbocycles. The van der Waals surface area contributed by atoms with Gasteiger partial charge in [0.05, 0.1) is 21.7 Å². The Morgan fingerprint density at radius 1 is 1.19 bits per heavy atom. The third kappa shape index (κ3) is 3.59. The van der Waals surface area contributed by atoms with Gasteiger partial charge in [-0.2, -0.15) is 13.2 Å². The molecule has 0 spiro atoms. The van der Waals surface area contributed by atoms with Gasteiger partial charge in [-0.1, -0.05) is 17.4 Å². The maximum absolute atomic E-state index is 13.3. The van der Waals surface area contributed by atoms with E-state index in [0.717, 1.165) is 16.8 Å². The van der Waals surface area contributed by atoms with Crippen LogP contribution in [0, 0.1) is 11.7 Å². The number of nitrogens with zero attached hydrogens (tertiary/aromatic N) is 2. The van der Waals surface area contributed by atoms with Gasteiger partial charge >= 0.3 is 6.18 Å². The van der Waals surface area contributed by atoms with Crippen molar-refractivity contribution in [3.63, 3.8) is 0 Å². The van der Waals surface area contributed by atoms with Crippen LogP contribution in [0.5, 0.6) is 0 Å². The number of nitrogens with one attached hydrogen (secondary N) is 1. The van der Waals surface area contributed by atoms with E-state index in [-0.39, 0.29) is 23.3 Å². The minimum absolute atomic E-state index is 0.115. The highest BCUT2D eigenvalue weighted by Gasteiger charge is 2.35. The average Bonchev–Trinajstić information content (AvgIpc) is 2.95. The third-order valence-electron chi connectivity index (χ3n) is 4.32. The van der Waals surface area contributed by atoms with Crippen LogP contribution in [0.4, 0.5) is 28.4 Å². The smallest absolute Gasteiger partial charge is 0.346 e. The van der Waals surface area contributed by atoms with Gasteiger partial charge in [0.25, 0.3) is 0 Å². The molecule has 4 rings (SSSR count). The molecule has 0 atom stereocenters. The number of fused-ring (bicyclic) bond motifs is 1. The van der Waals surface area contributed by atoms with Gasteiger partial charge in [-0.25, -0.2) is 9.37 Å². The lowest BCUT2D eigenvalue weighted by Crippen LogP contribution is -2.52. The Balaban J connectivity index is 1.39. The molecule has 27 heavy (non-hydrogen) atoms. The fourth-order valence-corrected chi connectivity index (χ4v) is 3.85. The molecule has 1 aliphatic heterocycles. The number of thiazole rings is 1. The summed E-state index contributed by atoms with van der Waals surface area (Å²) in [5.41, 5.74) is -0.00533. The number of carbonyl (C=O) groups excluding carboxylic acids is 1. The minimum atomic E-state index is -4.46. The first-order chi connectivity index (χ1) is 12.8. The number of aromatic nitrogens is 1. The van der Waals surface area contributed by atoms with Gasteiger partial charge in [-0.3, -0.25) is 4.79 Å². The summed E-state index contributed by atoms with van der Waals surface area (Å²) >= 11 is 1.34. The van der Waals surface area contributed by atoms with E-state index in [2.05, 4.69) is 10.3 Å². The van der Waals surface area contributed by atoms with Gasteiger partial charge in [-0.05, 0) is 36.4 Å². The second-order valence-corrected chi connectivity index (χ2v) is 7.29. The quantitative estimate of drug-likeness (QED) is 0.663. The van der Waals surface area contributed by atoms with Crippen LogP contribution in [-0.4, -0.2) is 24.0 Å². The highest BCUT2D eigenvalue weighted by Crippen LogP contribution is 2.34. The Hall–Kier alpha value is -2.68. The summed E-state index contributed by atoms with van der Waals surface area (Å²) in [5, 5.41) is 3.22. The largest absolute Gasteiger partial charge is 0.416 e. The Bertz CT molecular complexity index is 1010. The van der Waals surface area contributed by atoms with E-state index in [0.29, 0.717) is 23.7 Å². The van der Waals surface area contributed by atoms with Crippen molar-refractivity contribution < 1.29 is 22.4 Å². The summed E-state index contributed by atoms with van der Waals surface area (Å²) in [6, 6.07) is 8.90. The summed E-state index contributed by atoms with van der Waals surface area (Å²) in [5.74, 6) is -1.01. The lowest BCUT2D eigenvalue weighted by Gasteiger charge is -2.37. The Kier molecular flexibility index (Phi) is 4.26. The molecule has 2 heterocycles. The van der Waals surface area contributed by atoms with Gasteiger partial charge in [0.15, 0.2) is 5.13 Å². The molecule has 3 aromatic rings. The number of amides is 1. The molecule has 0 bridgehead atoms. The summed E-state index contributed by atoms with van der Waals surface area (Å²) in [6.07, 6.45) is -4.46. The van der Waals surface area contributed by atoms with E-state index in [1.165, 1.54) is 35.6 Å². The van der Waals surface area contributed by atoms with E-state index in [9.17, 15) is 22.4 Å². The van der Waals surface area contributed by atoms with Crippen molar-refractivity contribution in [1.82, 2.24) is 4.98 Å². The molecule has 1 fully saturated rings. The first-order valence-corrected chi connectivity index (χ1v) is 8.90. The van der Waals surface area contributed by atoms with Gasteiger partial charge in [0.2, 0.25) is 5.91 Å². The Morgan fingerprint density at radius 2 is 1.96 bits per heavy atom. The number of halogens is 4. The molecule has 1 saturated heterocycles. The first-order valence-electron chi connectivity index (χ1n) is 8.09. The van der Waals surface area contributed by atoms with Crippen molar-refractivity contribution in [2.45, 2.75) is 6.18 Å². The molecule has 1 N–H and O–H groups in total. The molecule has 9 heteroatoms. The molecule has 1 aromatic heterocycles. The SMILES string of the molecule is O=C(Nc1cccc(C(F)(F)F)c1)C1CN(c2nc3ccc(F)cc3s2)C1. The first kappa shape index (κ1) is 17.7. The minimum Gasteiger partial charge on any atom is -0.346 e.